The molecule has 0 atom stereocenters. The third kappa shape index (κ3) is 1.81. The fourth-order valence-electron chi connectivity index (χ4n) is 2.24. The first kappa shape index (κ1) is 9.31. The van der Waals surface area contributed by atoms with Gasteiger partial charge in [0.2, 0.25) is 0 Å². The predicted octanol–water partition coefficient (Wildman–Crippen LogP) is 2.38. The van der Waals surface area contributed by atoms with E-state index in [1.54, 1.807) is 12.1 Å². The molecule has 1 aromatic rings. The summed E-state index contributed by atoms with van der Waals surface area (Å²) in [5.74, 6) is -0.145. The molecule has 1 heterocycles. The van der Waals surface area contributed by atoms with Crippen molar-refractivity contribution in [1.29, 1.82) is 0 Å². The van der Waals surface area contributed by atoms with Crippen LogP contribution in [0.3, 0.4) is 0 Å². The van der Waals surface area contributed by atoms with Crippen LogP contribution in [0, 0.1) is 5.92 Å². The van der Waals surface area contributed by atoms with Crippen molar-refractivity contribution < 1.29 is 9.90 Å². The molecule has 3 nitrogen and oxygen atoms in total. The molecule has 14 heavy (non-hydrogen) atoms. The van der Waals surface area contributed by atoms with E-state index in [9.17, 15) is 4.79 Å². The molecule has 1 fully saturated rings. The molecule has 0 saturated heterocycles. The first-order chi connectivity index (χ1) is 6.77. The first-order valence-corrected chi connectivity index (χ1v) is 5.16. The van der Waals surface area contributed by atoms with Gasteiger partial charge in [-0.3, -0.25) is 0 Å². The van der Waals surface area contributed by atoms with E-state index >= 15 is 0 Å². The van der Waals surface area contributed by atoms with Crippen molar-refractivity contribution in [3.63, 3.8) is 0 Å². The number of rotatable bonds is 3. The molecule has 0 amide bonds. The van der Waals surface area contributed by atoms with E-state index in [0.29, 0.717) is 11.6 Å². The Balaban J connectivity index is 2.07. The Bertz CT molecular complexity index is 324. The summed E-state index contributed by atoms with van der Waals surface area (Å²) in [5, 5.41) is 8.91. The van der Waals surface area contributed by atoms with E-state index in [2.05, 4.69) is 0 Å². The molecule has 1 aliphatic carbocycles. The summed E-state index contributed by atoms with van der Waals surface area (Å²) in [6.45, 7) is 0.870. The average molecular weight is 193 g/mol. The summed E-state index contributed by atoms with van der Waals surface area (Å²) in [4.78, 5) is 10.8. The second-order valence-electron chi connectivity index (χ2n) is 4.00. The number of carboxylic acid groups (broad SMARTS) is 1. The highest BCUT2D eigenvalue weighted by Crippen LogP contribution is 2.26. The van der Waals surface area contributed by atoms with Crippen molar-refractivity contribution >= 4 is 5.97 Å². The standard InChI is InChI=1S/C11H15NO2/c13-11(14)10-6-3-7-12(10)8-9-4-1-2-5-9/h3,6-7,9H,1-2,4-5,8H2,(H,13,14). The second-order valence-corrected chi connectivity index (χ2v) is 4.00. The van der Waals surface area contributed by atoms with Gasteiger partial charge in [0.15, 0.2) is 0 Å². The first-order valence-electron chi connectivity index (χ1n) is 5.16. The van der Waals surface area contributed by atoms with Gasteiger partial charge in [-0.2, -0.15) is 0 Å². The van der Waals surface area contributed by atoms with Crippen molar-refractivity contribution in [3.8, 4) is 0 Å². The smallest absolute Gasteiger partial charge is 0.352 e. The summed E-state index contributed by atoms with van der Waals surface area (Å²) in [6.07, 6.45) is 6.96. The molecule has 0 radical (unpaired) electrons. The number of aromatic carboxylic acids is 1. The Labute approximate surface area is 83.4 Å². The number of nitrogens with zero attached hydrogens (tertiary/aromatic N) is 1. The van der Waals surface area contributed by atoms with E-state index in [4.69, 9.17) is 5.11 Å². The van der Waals surface area contributed by atoms with Gasteiger partial charge in [-0.1, -0.05) is 12.8 Å². The molecule has 1 saturated carbocycles. The molecule has 0 aliphatic heterocycles. The van der Waals surface area contributed by atoms with Crippen molar-refractivity contribution in [2.24, 2.45) is 5.92 Å². The van der Waals surface area contributed by atoms with Crippen LogP contribution >= 0.6 is 0 Å². The largest absolute Gasteiger partial charge is 0.477 e. The Hall–Kier alpha value is -1.25. The maximum atomic E-state index is 10.8. The van der Waals surface area contributed by atoms with Crippen LogP contribution in [0.1, 0.15) is 36.2 Å². The highest BCUT2D eigenvalue weighted by Gasteiger charge is 2.17. The Morgan fingerprint density at radius 2 is 2.21 bits per heavy atom. The van der Waals surface area contributed by atoms with Gasteiger partial charge in [0.25, 0.3) is 0 Å². The molecular weight excluding hydrogens is 178 g/mol. The van der Waals surface area contributed by atoms with Gasteiger partial charge in [-0.05, 0) is 30.9 Å². The number of carbonyl (C=O) groups is 1. The minimum Gasteiger partial charge on any atom is -0.477 e. The molecule has 76 valence electrons. The summed E-state index contributed by atoms with van der Waals surface area (Å²) in [5.41, 5.74) is 0.414. The lowest BCUT2D eigenvalue weighted by Gasteiger charge is -2.11. The lowest BCUT2D eigenvalue weighted by Crippen LogP contribution is -2.12. The average Bonchev–Trinajstić information content (AvgIpc) is 2.75. The van der Waals surface area contributed by atoms with Gasteiger partial charge in [0.1, 0.15) is 5.69 Å². The zero-order valence-corrected chi connectivity index (χ0v) is 8.15. The molecule has 0 aromatic carbocycles. The van der Waals surface area contributed by atoms with Gasteiger partial charge in [-0.25, -0.2) is 4.79 Å². The van der Waals surface area contributed by atoms with Crippen LogP contribution in [0.15, 0.2) is 18.3 Å². The Morgan fingerprint density at radius 1 is 1.50 bits per heavy atom. The van der Waals surface area contributed by atoms with E-state index in [-0.39, 0.29) is 0 Å². The summed E-state index contributed by atoms with van der Waals surface area (Å²) < 4.78 is 1.86. The van der Waals surface area contributed by atoms with Crippen LogP contribution in [-0.2, 0) is 6.54 Å². The number of aromatic nitrogens is 1. The fraction of sp³-hybridized carbons (Fsp3) is 0.545. The third-order valence-corrected chi connectivity index (χ3v) is 2.98. The van der Waals surface area contributed by atoms with Gasteiger partial charge >= 0.3 is 5.97 Å². The molecule has 0 unspecified atom stereocenters. The van der Waals surface area contributed by atoms with Crippen LogP contribution < -0.4 is 0 Å². The predicted molar refractivity (Wildman–Crippen MR) is 53.3 cm³/mol. The Morgan fingerprint density at radius 3 is 2.86 bits per heavy atom. The van der Waals surface area contributed by atoms with Crippen LogP contribution in [0.25, 0.3) is 0 Å². The van der Waals surface area contributed by atoms with Crippen LogP contribution in [0.5, 0.6) is 0 Å². The molecule has 0 bridgehead atoms. The van der Waals surface area contributed by atoms with Crippen molar-refractivity contribution in [1.82, 2.24) is 4.57 Å². The summed E-state index contributed by atoms with van der Waals surface area (Å²) in [7, 11) is 0. The van der Waals surface area contributed by atoms with Gasteiger partial charge in [0.05, 0.1) is 0 Å². The van der Waals surface area contributed by atoms with E-state index in [1.807, 2.05) is 10.8 Å². The minimum absolute atomic E-state index is 0.414. The lowest BCUT2D eigenvalue weighted by molar-refractivity contribution is 0.0684. The van der Waals surface area contributed by atoms with Gasteiger partial charge in [-0.15, -0.1) is 0 Å². The molecule has 3 heteroatoms. The molecule has 1 N–H and O–H groups in total. The summed E-state index contributed by atoms with van der Waals surface area (Å²) >= 11 is 0. The molecule has 2 rings (SSSR count). The molecule has 1 aromatic heterocycles. The van der Waals surface area contributed by atoms with Crippen molar-refractivity contribution in [2.75, 3.05) is 0 Å². The quantitative estimate of drug-likeness (QED) is 0.800. The van der Waals surface area contributed by atoms with E-state index < -0.39 is 5.97 Å². The SMILES string of the molecule is O=C(O)c1cccn1CC1CCCC1. The van der Waals surface area contributed by atoms with Gasteiger partial charge < -0.3 is 9.67 Å². The van der Waals surface area contributed by atoms with E-state index in [1.165, 1.54) is 25.7 Å². The number of hydrogen-bond acceptors (Lipinski definition) is 1. The highest BCUT2D eigenvalue weighted by molar-refractivity contribution is 5.85. The third-order valence-electron chi connectivity index (χ3n) is 2.98. The highest BCUT2D eigenvalue weighted by atomic mass is 16.4. The second kappa shape index (κ2) is 3.86. The monoisotopic (exact) mass is 193 g/mol. The topological polar surface area (TPSA) is 42.2 Å². The van der Waals surface area contributed by atoms with E-state index in [0.717, 1.165) is 6.54 Å². The number of carboxylic acids is 1. The fourth-order valence-corrected chi connectivity index (χ4v) is 2.24. The summed E-state index contributed by atoms with van der Waals surface area (Å²) in [6, 6.07) is 3.47. The van der Waals surface area contributed by atoms with Gasteiger partial charge in [0, 0.05) is 12.7 Å². The van der Waals surface area contributed by atoms with Crippen LogP contribution in [0.4, 0.5) is 0 Å². The lowest BCUT2D eigenvalue weighted by atomic mass is 10.1. The maximum Gasteiger partial charge on any atom is 0.352 e. The Kier molecular flexibility index (Phi) is 2.57. The van der Waals surface area contributed by atoms with Crippen LogP contribution in [-0.4, -0.2) is 15.6 Å². The molecule has 1 aliphatic rings. The number of hydrogen-bond donors (Lipinski definition) is 1. The maximum absolute atomic E-state index is 10.8. The molecular formula is C11H15NO2. The zero-order chi connectivity index (χ0) is 9.97. The normalized spacial score (nSPS) is 17.4. The van der Waals surface area contributed by atoms with Crippen LogP contribution in [0.2, 0.25) is 0 Å². The van der Waals surface area contributed by atoms with Crippen molar-refractivity contribution in [3.05, 3.63) is 24.0 Å². The molecule has 0 spiro atoms. The van der Waals surface area contributed by atoms with Crippen molar-refractivity contribution in [2.45, 2.75) is 32.2 Å². The zero-order valence-electron chi connectivity index (χ0n) is 8.15. The minimum atomic E-state index is -0.826.